The third-order valence-corrected chi connectivity index (χ3v) is 4.23. The van der Waals surface area contributed by atoms with Crippen LogP contribution in [0, 0.1) is 0 Å². The second-order valence-corrected chi connectivity index (χ2v) is 7.99. The molecule has 0 aliphatic carbocycles. The summed E-state index contributed by atoms with van der Waals surface area (Å²) in [6.07, 6.45) is 0. The molecular formula is C22H31N2O2+. The Hall–Kier alpha value is -2.33. The molecule has 0 fully saturated rings. The molecule has 0 aliphatic rings. The van der Waals surface area contributed by atoms with E-state index in [1.165, 1.54) is 16.0 Å². The quantitative estimate of drug-likeness (QED) is 0.800. The van der Waals surface area contributed by atoms with Gasteiger partial charge in [-0.05, 0) is 28.7 Å². The number of carbonyl (C=O) groups is 1. The monoisotopic (exact) mass is 355 g/mol. The second kappa shape index (κ2) is 8.86. The fourth-order valence-corrected chi connectivity index (χ4v) is 2.73. The van der Waals surface area contributed by atoms with Crippen LogP contribution < -0.4 is 15.0 Å². The van der Waals surface area contributed by atoms with Crippen LogP contribution in [0.15, 0.2) is 48.5 Å². The third-order valence-electron chi connectivity index (χ3n) is 4.23. The van der Waals surface area contributed by atoms with Gasteiger partial charge in [-0.1, -0.05) is 57.2 Å². The lowest BCUT2D eigenvalue weighted by atomic mass is 9.87. The van der Waals surface area contributed by atoms with Crippen LogP contribution >= 0.6 is 0 Å². The standard InChI is InChI=1S/C22H30N2O2/c1-22(2,3)19-10-12-20(13-11-19)26-16-21(25)23-14-17-8-6-7-9-18(17)15-24(4)5/h6-13H,14-16H2,1-5H3,(H,23,25)/p+1. The van der Waals surface area contributed by atoms with E-state index in [4.69, 9.17) is 4.74 Å². The maximum Gasteiger partial charge on any atom is 0.258 e. The molecule has 0 aromatic heterocycles. The molecule has 0 radical (unpaired) electrons. The van der Waals surface area contributed by atoms with Gasteiger partial charge in [0.25, 0.3) is 5.91 Å². The highest BCUT2D eigenvalue weighted by Crippen LogP contribution is 2.24. The van der Waals surface area contributed by atoms with E-state index in [2.05, 4.69) is 52.3 Å². The normalized spacial score (nSPS) is 11.5. The minimum Gasteiger partial charge on any atom is -0.484 e. The average molecular weight is 356 g/mol. The molecule has 4 nitrogen and oxygen atoms in total. The van der Waals surface area contributed by atoms with Gasteiger partial charge in [0.15, 0.2) is 6.61 Å². The summed E-state index contributed by atoms with van der Waals surface area (Å²) in [7, 11) is 4.24. The fraction of sp³-hybridized carbons (Fsp3) is 0.409. The minimum atomic E-state index is -0.114. The number of rotatable bonds is 7. The predicted molar refractivity (Wildman–Crippen MR) is 105 cm³/mol. The highest BCUT2D eigenvalue weighted by atomic mass is 16.5. The van der Waals surface area contributed by atoms with Gasteiger partial charge >= 0.3 is 0 Å². The van der Waals surface area contributed by atoms with E-state index in [0.717, 1.165) is 12.1 Å². The van der Waals surface area contributed by atoms with Gasteiger partial charge in [-0.15, -0.1) is 0 Å². The van der Waals surface area contributed by atoms with Gasteiger partial charge in [0.05, 0.1) is 14.1 Å². The number of nitrogens with one attached hydrogen (secondary N) is 2. The summed E-state index contributed by atoms with van der Waals surface area (Å²) in [5.74, 6) is 0.599. The molecule has 1 amide bonds. The van der Waals surface area contributed by atoms with Crippen molar-refractivity contribution in [2.45, 2.75) is 39.3 Å². The molecule has 0 unspecified atom stereocenters. The van der Waals surface area contributed by atoms with Crippen molar-refractivity contribution >= 4 is 5.91 Å². The van der Waals surface area contributed by atoms with Crippen molar-refractivity contribution in [3.63, 3.8) is 0 Å². The highest BCUT2D eigenvalue weighted by Gasteiger charge is 2.13. The lowest BCUT2D eigenvalue weighted by molar-refractivity contribution is -0.872. The van der Waals surface area contributed by atoms with Crippen LogP contribution in [-0.2, 0) is 23.3 Å². The van der Waals surface area contributed by atoms with Crippen LogP contribution in [0.25, 0.3) is 0 Å². The van der Waals surface area contributed by atoms with Crippen LogP contribution in [0.4, 0.5) is 0 Å². The second-order valence-electron chi connectivity index (χ2n) is 7.99. The Bertz CT molecular complexity index is 716. The SMILES string of the molecule is C[NH+](C)Cc1ccccc1CNC(=O)COc1ccc(C(C)(C)C)cc1. The summed E-state index contributed by atoms with van der Waals surface area (Å²) in [6, 6.07) is 16.1. The zero-order valence-corrected chi connectivity index (χ0v) is 16.6. The molecule has 2 aromatic carbocycles. The summed E-state index contributed by atoms with van der Waals surface area (Å²) in [6.45, 7) is 8.00. The first-order valence-corrected chi connectivity index (χ1v) is 9.11. The van der Waals surface area contributed by atoms with Gasteiger partial charge in [-0.3, -0.25) is 4.79 Å². The van der Waals surface area contributed by atoms with Gasteiger partial charge in [-0.2, -0.15) is 0 Å². The van der Waals surface area contributed by atoms with Crippen LogP contribution in [0.1, 0.15) is 37.5 Å². The molecule has 0 spiro atoms. The van der Waals surface area contributed by atoms with Gasteiger partial charge in [0, 0.05) is 12.1 Å². The molecular weight excluding hydrogens is 324 g/mol. The predicted octanol–water partition coefficient (Wildman–Crippen LogP) is 2.32. The molecule has 0 heterocycles. The number of amides is 1. The van der Waals surface area contributed by atoms with Crippen LogP contribution in [0.2, 0.25) is 0 Å². The molecule has 2 rings (SSSR count). The fourth-order valence-electron chi connectivity index (χ4n) is 2.73. The zero-order chi connectivity index (χ0) is 19.2. The van der Waals surface area contributed by atoms with E-state index in [1.807, 2.05) is 36.4 Å². The largest absolute Gasteiger partial charge is 0.484 e. The Morgan fingerprint density at radius 2 is 1.62 bits per heavy atom. The number of carbonyl (C=O) groups excluding carboxylic acids is 1. The first-order chi connectivity index (χ1) is 12.3. The van der Waals surface area contributed by atoms with Gasteiger partial charge in [-0.25, -0.2) is 0 Å². The molecule has 0 saturated carbocycles. The Kier molecular flexibility index (Phi) is 6.81. The van der Waals surface area contributed by atoms with Crippen LogP contribution in [0.3, 0.4) is 0 Å². The van der Waals surface area contributed by atoms with E-state index >= 15 is 0 Å². The van der Waals surface area contributed by atoms with E-state index in [1.54, 1.807) is 0 Å². The van der Waals surface area contributed by atoms with Crippen molar-refractivity contribution in [3.8, 4) is 5.75 Å². The maximum absolute atomic E-state index is 12.1. The molecule has 2 N–H and O–H groups in total. The van der Waals surface area contributed by atoms with Crippen LogP contribution in [0.5, 0.6) is 5.75 Å². The first-order valence-electron chi connectivity index (χ1n) is 9.11. The number of hydrogen-bond donors (Lipinski definition) is 2. The van der Waals surface area contributed by atoms with Crippen LogP contribution in [-0.4, -0.2) is 26.6 Å². The molecule has 0 aliphatic heterocycles. The van der Waals surface area contributed by atoms with E-state index in [9.17, 15) is 4.79 Å². The van der Waals surface area contributed by atoms with Crippen molar-refractivity contribution < 1.29 is 14.4 Å². The molecule has 0 atom stereocenters. The highest BCUT2D eigenvalue weighted by molar-refractivity contribution is 5.77. The molecule has 4 heteroatoms. The van der Waals surface area contributed by atoms with Gasteiger partial charge in [0.1, 0.15) is 12.3 Å². The average Bonchev–Trinajstić information content (AvgIpc) is 2.58. The van der Waals surface area contributed by atoms with Crippen molar-refractivity contribution in [1.82, 2.24) is 5.32 Å². The van der Waals surface area contributed by atoms with E-state index in [0.29, 0.717) is 12.3 Å². The number of hydrogen-bond acceptors (Lipinski definition) is 2. The lowest BCUT2D eigenvalue weighted by Crippen LogP contribution is -3.04. The summed E-state index contributed by atoms with van der Waals surface area (Å²) >= 11 is 0. The van der Waals surface area contributed by atoms with E-state index < -0.39 is 0 Å². The van der Waals surface area contributed by atoms with Gasteiger partial charge in [0.2, 0.25) is 0 Å². The third kappa shape index (κ3) is 6.19. The smallest absolute Gasteiger partial charge is 0.258 e. The topological polar surface area (TPSA) is 42.8 Å². The summed E-state index contributed by atoms with van der Waals surface area (Å²) < 4.78 is 5.60. The van der Waals surface area contributed by atoms with E-state index in [-0.39, 0.29) is 17.9 Å². The van der Waals surface area contributed by atoms with Crippen molar-refractivity contribution in [1.29, 1.82) is 0 Å². The Morgan fingerprint density at radius 1 is 1.00 bits per heavy atom. The molecule has 2 aromatic rings. The van der Waals surface area contributed by atoms with Crippen molar-refractivity contribution in [3.05, 3.63) is 65.2 Å². The minimum absolute atomic E-state index is 0.0238. The summed E-state index contributed by atoms with van der Waals surface area (Å²) in [5.41, 5.74) is 3.76. The number of ether oxygens (including phenoxy) is 1. The Balaban J connectivity index is 1.84. The summed E-state index contributed by atoms with van der Waals surface area (Å²) in [4.78, 5) is 13.5. The molecule has 140 valence electrons. The zero-order valence-electron chi connectivity index (χ0n) is 16.6. The Labute approximate surface area is 157 Å². The number of benzene rings is 2. The van der Waals surface area contributed by atoms with Gasteiger partial charge < -0.3 is 15.0 Å². The maximum atomic E-state index is 12.1. The number of quaternary nitrogens is 1. The molecule has 26 heavy (non-hydrogen) atoms. The lowest BCUT2D eigenvalue weighted by Gasteiger charge is -2.19. The Morgan fingerprint density at radius 3 is 2.19 bits per heavy atom. The summed E-state index contributed by atoms with van der Waals surface area (Å²) in [5, 5.41) is 2.95. The molecule has 0 bridgehead atoms. The van der Waals surface area contributed by atoms with Crippen molar-refractivity contribution in [2.75, 3.05) is 20.7 Å². The van der Waals surface area contributed by atoms with Crippen molar-refractivity contribution in [2.24, 2.45) is 0 Å². The first kappa shape index (κ1) is 20.0. The molecule has 0 saturated heterocycles.